The molecule has 0 aliphatic carbocycles. The van der Waals surface area contributed by atoms with E-state index < -0.39 is 41.1 Å². The molecule has 30 heavy (non-hydrogen) atoms. The maximum atomic E-state index is 13.8. The largest absolute Gasteiger partial charge is 0.417 e. The van der Waals surface area contributed by atoms with E-state index in [1.165, 1.54) is 17.0 Å². The number of nitrogens with one attached hydrogen (secondary N) is 1. The maximum Gasteiger partial charge on any atom is 0.417 e. The van der Waals surface area contributed by atoms with Crippen LogP contribution in [0.5, 0.6) is 0 Å². The molecule has 4 nitrogen and oxygen atoms in total. The van der Waals surface area contributed by atoms with Gasteiger partial charge in [0, 0.05) is 35.2 Å². The minimum atomic E-state index is -4.57. The number of hydrogen-bond acceptors (Lipinski definition) is 2. The predicted molar refractivity (Wildman–Crippen MR) is 103 cm³/mol. The Bertz CT molecular complexity index is 972. The zero-order valence-electron chi connectivity index (χ0n) is 15.4. The van der Waals surface area contributed by atoms with Gasteiger partial charge >= 0.3 is 6.18 Å². The summed E-state index contributed by atoms with van der Waals surface area (Å²) in [6.07, 6.45) is -4.03. The molecule has 1 saturated heterocycles. The highest BCUT2D eigenvalue weighted by molar-refractivity contribution is 9.10. The smallest absolute Gasteiger partial charge is 0.339 e. The van der Waals surface area contributed by atoms with Crippen molar-refractivity contribution >= 4 is 33.4 Å². The van der Waals surface area contributed by atoms with Crippen molar-refractivity contribution in [3.05, 3.63) is 63.6 Å². The molecular formula is C20H16BrF5N2O2. The van der Waals surface area contributed by atoms with Crippen molar-refractivity contribution in [3.63, 3.8) is 0 Å². The van der Waals surface area contributed by atoms with Crippen LogP contribution in [0.15, 0.2) is 40.9 Å². The van der Waals surface area contributed by atoms with Crippen LogP contribution in [0.25, 0.3) is 0 Å². The highest BCUT2D eigenvalue weighted by Crippen LogP contribution is 2.36. The van der Waals surface area contributed by atoms with Crippen molar-refractivity contribution in [2.45, 2.75) is 19.0 Å². The molecule has 1 heterocycles. The molecule has 0 spiro atoms. The third kappa shape index (κ3) is 4.97. The molecule has 0 unspecified atom stereocenters. The van der Waals surface area contributed by atoms with E-state index in [2.05, 4.69) is 21.2 Å². The molecule has 0 atom stereocenters. The molecule has 10 heteroatoms. The van der Waals surface area contributed by atoms with Gasteiger partial charge in [-0.3, -0.25) is 9.59 Å². The Balaban J connectivity index is 1.61. The number of carbonyl (C=O) groups excluding carboxylic acids is 2. The minimum absolute atomic E-state index is 0.0161. The molecule has 1 aliphatic rings. The first-order valence-electron chi connectivity index (χ1n) is 8.98. The average Bonchev–Trinajstić information content (AvgIpc) is 2.68. The van der Waals surface area contributed by atoms with Crippen LogP contribution in [-0.4, -0.2) is 29.8 Å². The van der Waals surface area contributed by atoms with Gasteiger partial charge < -0.3 is 10.2 Å². The summed E-state index contributed by atoms with van der Waals surface area (Å²) in [5.41, 5.74) is -1.14. The molecule has 1 N–H and O–H groups in total. The van der Waals surface area contributed by atoms with Gasteiger partial charge in [-0.2, -0.15) is 13.2 Å². The number of rotatable bonds is 3. The second-order valence-electron chi connectivity index (χ2n) is 6.87. The fourth-order valence-corrected chi connectivity index (χ4v) is 3.71. The van der Waals surface area contributed by atoms with Gasteiger partial charge in [0.2, 0.25) is 5.91 Å². The summed E-state index contributed by atoms with van der Waals surface area (Å²) in [6, 6.07) is 6.09. The highest BCUT2D eigenvalue weighted by Gasteiger charge is 2.34. The summed E-state index contributed by atoms with van der Waals surface area (Å²) in [5.74, 6) is -3.32. The van der Waals surface area contributed by atoms with Gasteiger partial charge in [-0.25, -0.2) is 8.78 Å². The average molecular weight is 491 g/mol. The number of anilines is 1. The summed E-state index contributed by atoms with van der Waals surface area (Å²) < 4.78 is 65.7. The lowest BCUT2D eigenvalue weighted by atomic mass is 9.95. The Morgan fingerprint density at radius 1 is 1.03 bits per heavy atom. The normalized spacial score (nSPS) is 15.2. The van der Waals surface area contributed by atoms with Crippen LogP contribution in [0.3, 0.4) is 0 Å². The summed E-state index contributed by atoms with van der Waals surface area (Å²) in [6.45, 7) is 0.337. The van der Waals surface area contributed by atoms with E-state index in [-0.39, 0.29) is 41.7 Å². The Morgan fingerprint density at radius 2 is 1.70 bits per heavy atom. The third-order valence-corrected chi connectivity index (χ3v) is 5.55. The van der Waals surface area contributed by atoms with Crippen LogP contribution in [-0.2, 0) is 11.0 Å². The Hall–Kier alpha value is -2.49. The topological polar surface area (TPSA) is 49.4 Å². The number of halogens is 6. The van der Waals surface area contributed by atoms with Crippen molar-refractivity contribution in [1.82, 2.24) is 4.90 Å². The number of nitrogens with zero attached hydrogens (tertiary/aromatic N) is 1. The van der Waals surface area contributed by atoms with E-state index >= 15 is 0 Å². The number of hydrogen-bond donors (Lipinski definition) is 1. The third-order valence-electron chi connectivity index (χ3n) is 4.85. The fourth-order valence-electron chi connectivity index (χ4n) is 3.24. The van der Waals surface area contributed by atoms with Crippen molar-refractivity contribution in [2.75, 3.05) is 18.4 Å². The standard InChI is InChI=1S/C20H16BrF5N2O2/c21-16-4-2-13(10-15(16)20(24,25)26)27-18(29)11-5-7-28(8-6-11)19(30)14-3-1-12(22)9-17(14)23/h1-4,9-11H,5-8H2,(H,27,29). The van der Waals surface area contributed by atoms with E-state index in [9.17, 15) is 31.5 Å². The summed E-state index contributed by atoms with van der Waals surface area (Å²) in [5, 5.41) is 2.48. The highest BCUT2D eigenvalue weighted by atomic mass is 79.9. The van der Waals surface area contributed by atoms with Crippen molar-refractivity contribution in [1.29, 1.82) is 0 Å². The number of carbonyl (C=O) groups is 2. The lowest BCUT2D eigenvalue weighted by molar-refractivity contribution is -0.138. The lowest BCUT2D eigenvalue weighted by Gasteiger charge is -2.31. The molecule has 2 aromatic rings. The summed E-state index contributed by atoms with van der Waals surface area (Å²) >= 11 is 2.84. The molecule has 1 fully saturated rings. The number of alkyl halides is 3. The zero-order valence-corrected chi connectivity index (χ0v) is 17.0. The number of piperidine rings is 1. The Labute approximate surface area is 177 Å². The second kappa shape index (κ2) is 8.71. The van der Waals surface area contributed by atoms with Crippen LogP contribution in [0.4, 0.5) is 27.6 Å². The van der Waals surface area contributed by atoms with E-state index in [0.717, 1.165) is 18.2 Å². The van der Waals surface area contributed by atoms with E-state index in [4.69, 9.17) is 0 Å². The predicted octanol–water partition coefficient (Wildman–Crippen LogP) is 5.24. The number of benzene rings is 2. The van der Waals surface area contributed by atoms with E-state index in [0.29, 0.717) is 6.07 Å². The van der Waals surface area contributed by atoms with E-state index in [1.54, 1.807) is 0 Å². The minimum Gasteiger partial charge on any atom is -0.339 e. The first-order chi connectivity index (χ1) is 14.1. The maximum absolute atomic E-state index is 13.8. The van der Waals surface area contributed by atoms with Crippen LogP contribution in [0.1, 0.15) is 28.8 Å². The van der Waals surface area contributed by atoms with Gasteiger partial charge in [-0.1, -0.05) is 15.9 Å². The molecule has 2 amide bonds. The van der Waals surface area contributed by atoms with Gasteiger partial charge in [-0.05, 0) is 43.2 Å². The Kier molecular flexibility index (Phi) is 6.44. The van der Waals surface area contributed by atoms with Crippen molar-refractivity contribution in [2.24, 2.45) is 5.92 Å². The molecule has 160 valence electrons. The molecule has 0 saturated carbocycles. The summed E-state index contributed by atoms with van der Waals surface area (Å²) in [4.78, 5) is 26.2. The van der Waals surface area contributed by atoms with Crippen LogP contribution in [0.2, 0.25) is 0 Å². The van der Waals surface area contributed by atoms with Gasteiger partial charge in [0.1, 0.15) is 11.6 Å². The quantitative estimate of drug-likeness (QED) is 0.598. The Morgan fingerprint density at radius 3 is 2.30 bits per heavy atom. The second-order valence-corrected chi connectivity index (χ2v) is 7.73. The SMILES string of the molecule is O=C(Nc1ccc(Br)c(C(F)(F)F)c1)C1CCN(C(=O)c2ccc(F)cc2F)CC1. The number of likely N-dealkylation sites (tertiary alicyclic amines) is 1. The van der Waals surface area contributed by atoms with Gasteiger partial charge in [-0.15, -0.1) is 0 Å². The summed E-state index contributed by atoms with van der Waals surface area (Å²) in [7, 11) is 0. The monoisotopic (exact) mass is 490 g/mol. The first-order valence-corrected chi connectivity index (χ1v) is 9.77. The molecule has 0 bridgehead atoms. The van der Waals surface area contributed by atoms with Crippen LogP contribution >= 0.6 is 15.9 Å². The van der Waals surface area contributed by atoms with Crippen molar-refractivity contribution < 1.29 is 31.5 Å². The van der Waals surface area contributed by atoms with Crippen LogP contribution < -0.4 is 5.32 Å². The molecule has 0 aromatic heterocycles. The molecule has 2 aromatic carbocycles. The fraction of sp³-hybridized carbons (Fsp3) is 0.300. The number of amides is 2. The lowest BCUT2D eigenvalue weighted by Crippen LogP contribution is -2.41. The van der Waals surface area contributed by atoms with Crippen LogP contribution in [0, 0.1) is 17.6 Å². The van der Waals surface area contributed by atoms with Gasteiger partial charge in [0.05, 0.1) is 11.1 Å². The van der Waals surface area contributed by atoms with Gasteiger partial charge in [0.15, 0.2) is 0 Å². The molecule has 3 rings (SSSR count). The molecular weight excluding hydrogens is 475 g/mol. The zero-order chi connectivity index (χ0) is 22.1. The molecule has 0 radical (unpaired) electrons. The first kappa shape index (κ1) is 22.2. The van der Waals surface area contributed by atoms with E-state index in [1.807, 2.05) is 0 Å². The molecule has 1 aliphatic heterocycles. The van der Waals surface area contributed by atoms with Crippen molar-refractivity contribution in [3.8, 4) is 0 Å². The van der Waals surface area contributed by atoms with Gasteiger partial charge in [0.25, 0.3) is 5.91 Å².